The van der Waals surface area contributed by atoms with Crippen LogP contribution in [0.2, 0.25) is 0 Å². The minimum absolute atomic E-state index is 0.356. The Hall–Kier alpha value is -1.67. The molecule has 12 heteroatoms. The smallest absolute Gasteiger partial charge is 0.259 e. The van der Waals surface area contributed by atoms with E-state index in [1.54, 1.807) is 35.6 Å². The van der Waals surface area contributed by atoms with Gasteiger partial charge in [0.1, 0.15) is 10.9 Å². The lowest BCUT2D eigenvalue weighted by Crippen LogP contribution is -2.34. The Balaban J connectivity index is 1.84. The van der Waals surface area contributed by atoms with E-state index >= 15 is 0 Å². The summed E-state index contributed by atoms with van der Waals surface area (Å²) in [4.78, 5) is 5.62. The van der Waals surface area contributed by atoms with Crippen molar-refractivity contribution < 1.29 is 17.2 Å². The molecule has 0 spiro atoms. The highest BCUT2D eigenvalue weighted by Crippen LogP contribution is 2.31. The number of nitrogens with one attached hydrogen (secondary N) is 2. The largest absolute Gasteiger partial charge is 0.317 e. The van der Waals surface area contributed by atoms with Gasteiger partial charge in [-0.1, -0.05) is 18.2 Å². The van der Waals surface area contributed by atoms with Gasteiger partial charge in [0.15, 0.2) is 0 Å². The lowest BCUT2D eigenvalue weighted by atomic mass is 10.0. The molecule has 3 rings (SSSR count). The van der Waals surface area contributed by atoms with Crippen molar-refractivity contribution in [2.75, 3.05) is 10.6 Å². The molecule has 0 amide bonds. The van der Waals surface area contributed by atoms with Crippen LogP contribution in [0.25, 0.3) is 9.88 Å². The van der Waals surface area contributed by atoms with Crippen LogP contribution in [-0.2, 0) is 27.7 Å². The third-order valence-corrected chi connectivity index (χ3v) is 7.14. The first kappa shape index (κ1) is 21.0. The van der Waals surface area contributed by atoms with Crippen molar-refractivity contribution in [3.05, 3.63) is 58.4 Å². The molecule has 8 nitrogen and oxygen atoms in total. The first-order chi connectivity index (χ1) is 13.4. The lowest BCUT2D eigenvalue weighted by molar-refractivity contribution is 0.551. The molecule has 150 valence electrons. The van der Waals surface area contributed by atoms with Gasteiger partial charge in [0.05, 0.1) is 16.6 Å². The predicted octanol–water partition coefficient (Wildman–Crippen LogP) is 2.54. The van der Waals surface area contributed by atoms with E-state index in [0.29, 0.717) is 17.8 Å². The van der Waals surface area contributed by atoms with E-state index in [1.165, 1.54) is 11.3 Å². The minimum Gasteiger partial charge on any atom is -0.317 e. The maximum atomic E-state index is 12.1. The molecule has 2 aromatic heterocycles. The summed E-state index contributed by atoms with van der Waals surface area (Å²) in [5.41, 5.74) is 7.28. The number of benzene rings is 1. The van der Waals surface area contributed by atoms with Crippen LogP contribution in [0.5, 0.6) is 0 Å². The van der Waals surface area contributed by atoms with Crippen molar-refractivity contribution in [3.8, 4) is 9.88 Å². The molecule has 3 aromatic rings. The van der Waals surface area contributed by atoms with E-state index in [1.807, 2.05) is 22.9 Å². The van der Waals surface area contributed by atoms with E-state index in [0.717, 1.165) is 15.4 Å². The van der Waals surface area contributed by atoms with Crippen molar-refractivity contribution >= 4 is 49.7 Å². The Labute approximate surface area is 173 Å². The summed E-state index contributed by atoms with van der Waals surface area (Å²) >= 11 is 0.863. The maximum Gasteiger partial charge on any atom is 0.259 e. The molecular weight excluding hydrogens is 440 g/mol. The van der Waals surface area contributed by atoms with Crippen molar-refractivity contribution in [2.24, 2.45) is 5.73 Å². The Bertz CT molecular complexity index is 1030. The third-order valence-electron chi connectivity index (χ3n) is 3.75. The summed E-state index contributed by atoms with van der Waals surface area (Å²) in [6.07, 6.45) is 0.356. The number of sulfonamides is 1. The monoisotopic (exact) mass is 458 g/mol. The van der Waals surface area contributed by atoms with Crippen LogP contribution < -0.4 is 15.2 Å². The summed E-state index contributed by atoms with van der Waals surface area (Å²) in [6.45, 7) is 0. The number of hydrogen-bond donors (Lipinski definition) is 4. The van der Waals surface area contributed by atoms with Gasteiger partial charge in [-0.15, -0.1) is 22.7 Å². The molecule has 0 aliphatic heterocycles. The van der Waals surface area contributed by atoms with Crippen LogP contribution in [-0.4, -0.2) is 28.0 Å². The standard InChI is InChI=1S/C16H18N4O4S4/c17-10-28(23,24)20-13(8-11-3-5-12(6-4-11)19-27(21)22)14-9-26-16(18-14)15-2-1-7-25-15/h1-7,9,13,19-20H,8,10,17H2,(H,21,22)/t13-/m0/s1. The highest BCUT2D eigenvalue weighted by molar-refractivity contribution is 7.89. The molecule has 28 heavy (non-hydrogen) atoms. The average molecular weight is 459 g/mol. The van der Waals surface area contributed by atoms with E-state index in [4.69, 9.17) is 10.3 Å². The third kappa shape index (κ3) is 5.67. The second-order valence-corrected chi connectivity index (χ2v) is 10.1. The molecular formula is C16H18N4O4S4. The molecule has 0 saturated heterocycles. The maximum absolute atomic E-state index is 12.1. The molecule has 0 aliphatic carbocycles. The molecule has 1 unspecified atom stereocenters. The second kappa shape index (κ2) is 9.22. The molecule has 0 fully saturated rings. The van der Waals surface area contributed by atoms with Gasteiger partial charge in [-0.25, -0.2) is 22.3 Å². The number of nitrogens with two attached hydrogens (primary N) is 1. The fourth-order valence-corrected chi connectivity index (χ4v) is 5.24. The number of hydrogen-bond acceptors (Lipinski definition) is 7. The summed E-state index contributed by atoms with van der Waals surface area (Å²) in [7, 11) is -3.65. The van der Waals surface area contributed by atoms with E-state index < -0.39 is 33.2 Å². The zero-order chi connectivity index (χ0) is 20.1. The highest BCUT2D eigenvalue weighted by atomic mass is 32.2. The first-order valence-electron chi connectivity index (χ1n) is 8.02. The molecule has 0 saturated carbocycles. The Morgan fingerprint density at radius 1 is 1.21 bits per heavy atom. The van der Waals surface area contributed by atoms with E-state index in [9.17, 15) is 12.6 Å². The molecule has 1 aromatic carbocycles. The van der Waals surface area contributed by atoms with Gasteiger partial charge in [-0.2, -0.15) is 0 Å². The van der Waals surface area contributed by atoms with Gasteiger partial charge in [-0.05, 0) is 35.6 Å². The number of rotatable bonds is 9. The predicted molar refractivity (Wildman–Crippen MR) is 114 cm³/mol. The summed E-state index contributed by atoms with van der Waals surface area (Å²) < 4.78 is 48.8. The van der Waals surface area contributed by atoms with Crippen LogP contribution >= 0.6 is 22.7 Å². The van der Waals surface area contributed by atoms with Gasteiger partial charge < -0.3 is 5.73 Å². The zero-order valence-corrected chi connectivity index (χ0v) is 17.7. The van der Waals surface area contributed by atoms with Gasteiger partial charge in [0.25, 0.3) is 11.3 Å². The van der Waals surface area contributed by atoms with Crippen molar-refractivity contribution in [1.82, 2.24) is 9.71 Å². The van der Waals surface area contributed by atoms with Crippen LogP contribution in [0.4, 0.5) is 5.69 Å². The van der Waals surface area contributed by atoms with Crippen LogP contribution in [0.3, 0.4) is 0 Å². The minimum atomic E-state index is -3.65. The van der Waals surface area contributed by atoms with Gasteiger partial charge in [-0.3, -0.25) is 9.27 Å². The van der Waals surface area contributed by atoms with Crippen LogP contribution in [0, 0.1) is 0 Å². The number of thiophene rings is 1. The van der Waals surface area contributed by atoms with Crippen LogP contribution in [0.15, 0.2) is 47.2 Å². The summed E-state index contributed by atoms with van der Waals surface area (Å²) in [6, 6.07) is 10.1. The number of thiazole rings is 1. The molecule has 0 bridgehead atoms. The fraction of sp³-hybridized carbons (Fsp3) is 0.188. The number of aromatic nitrogens is 1. The normalized spacial score (nSPS) is 13.9. The molecule has 0 aliphatic rings. The lowest BCUT2D eigenvalue weighted by Gasteiger charge is -2.17. The molecule has 0 radical (unpaired) electrons. The second-order valence-electron chi connectivity index (χ2n) is 5.76. The van der Waals surface area contributed by atoms with Crippen LogP contribution in [0.1, 0.15) is 17.3 Å². The van der Waals surface area contributed by atoms with Crippen molar-refractivity contribution in [2.45, 2.75) is 12.5 Å². The van der Waals surface area contributed by atoms with E-state index in [2.05, 4.69) is 14.4 Å². The van der Waals surface area contributed by atoms with E-state index in [-0.39, 0.29) is 0 Å². The fourth-order valence-electron chi connectivity index (χ4n) is 2.48. The zero-order valence-electron chi connectivity index (χ0n) is 14.4. The molecule has 5 N–H and O–H groups in total. The molecule has 2 atom stereocenters. The highest BCUT2D eigenvalue weighted by Gasteiger charge is 2.22. The summed E-state index contributed by atoms with van der Waals surface area (Å²) in [5, 5.41) is 4.62. The van der Waals surface area contributed by atoms with Crippen molar-refractivity contribution in [1.29, 1.82) is 0 Å². The molecule has 2 heterocycles. The Morgan fingerprint density at radius 2 is 1.96 bits per heavy atom. The quantitative estimate of drug-likeness (QED) is 0.364. The Morgan fingerprint density at radius 3 is 2.57 bits per heavy atom. The van der Waals surface area contributed by atoms with Crippen molar-refractivity contribution in [3.63, 3.8) is 0 Å². The average Bonchev–Trinajstić information content (AvgIpc) is 3.34. The number of nitrogens with zero attached hydrogens (tertiary/aromatic N) is 1. The van der Waals surface area contributed by atoms with Gasteiger partial charge in [0.2, 0.25) is 10.0 Å². The Kier molecular flexibility index (Phi) is 6.93. The topological polar surface area (TPSA) is 134 Å². The van der Waals surface area contributed by atoms with Gasteiger partial charge in [0, 0.05) is 11.1 Å². The number of anilines is 1. The first-order valence-corrected chi connectivity index (χ1v) is 12.5. The van der Waals surface area contributed by atoms with Gasteiger partial charge >= 0.3 is 0 Å². The summed E-state index contributed by atoms with van der Waals surface area (Å²) in [5.74, 6) is -0.517. The SMILES string of the molecule is NCS(=O)(=O)N[C@@H](Cc1ccc(NS(=O)O)cc1)c1csc(-c2cccs2)n1.